The molecule has 3 aliphatic carbocycles. The lowest BCUT2D eigenvalue weighted by atomic mass is 9.51. The van der Waals surface area contributed by atoms with Crippen LogP contribution in [0.1, 0.15) is 74.3 Å². The zero-order valence-corrected chi connectivity index (χ0v) is 23.8. The van der Waals surface area contributed by atoms with Crippen LogP contribution in [0.25, 0.3) is 0 Å². The fourth-order valence-corrected chi connectivity index (χ4v) is 8.35. The molecule has 2 aliphatic heterocycles. The summed E-state index contributed by atoms with van der Waals surface area (Å²) in [6, 6.07) is 22.2. The molecule has 7 rings (SSSR count). The number of carbonyl (C=O) groups is 1. The van der Waals surface area contributed by atoms with E-state index >= 15 is 0 Å². The van der Waals surface area contributed by atoms with Gasteiger partial charge in [-0.1, -0.05) is 67.1 Å². The number of fused-ring (bicyclic) bond motifs is 3. The van der Waals surface area contributed by atoms with Crippen LogP contribution < -0.4 is 0 Å². The van der Waals surface area contributed by atoms with Crippen LogP contribution in [0.4, 0.5) is 0 Å². The van der Waals surface area contributed by atoms with E-state index in [-0.39, 0.29) is 17.6 Å². The van der Waals surface area contributed by atoms with Crippen LogP contribution >= 0.6 is 0 Å². The number of piperazine rings is 1. The SMILES string of the molecule is CN1CCN(CCCC(=O)O[C@H]2CC3(N4CCCCC4)C[C@@H](c4ccccc4)C2[C@H](c2ccccc2)C3)CC1. The van der Waals surface area contributed by atoms with Crippen LogP contribution in [0, 0.1) is 5.92 Å². The van der Waals surface area contributed by atoms with Gasteiger partial charge in [0.05, 0.1) is 0 Å². The molecule has 5 heteroatoms. The van der Waals surface area contributed by atoms with Gasteiger partial charge in [-0.25, -0.2) is 0 Å². The Balaban J connectivity index is 1.24. The Morgan fingerprint density at radius 2 is 1.38 bits per heavy atom. The van der Waals surface area contributed by atoms with Crippen molar-refractivity contribution in [2.24, 2.45) is 5.92 Å². The Kier molecular flexibility index (Phi) is 8.38. The summed E-state index contributed by atoms with van der Waals surface area (Å²) in [6.45, 7) is 7.80. The molecular formula is C34H47N3O2. The Hall–Kier alpha value is -2.21. The van der Waals surface area contributed by atoms with Gasteiger partial charge in [-0.3, -0.25) is 9.69 Å². The predicted octanol–water partition coefficient (Wildman–Crippen LogP) is 5.53. The number of hydrogen-bond acceptors (Lipinski definition) is 5. The van der Waals surface area contributed by atoms with Gasteiger partial charge in [-0.05, 0) is 81.7 Å². The van der Waals surface area contributed by atoms with Crippen LogP contribution in [-0.4, -0.2) is 85.2 Å². The highest BCUT2D eigenvalue weighted by atomic mass is 16.5. The number of nitrogens with zero attached hydrogens (tertiary/aromatic N) is 3. The fraction of sp³-hybridized carbons (Fsp3) is 0.618. The Bertz CT molecular complexity index is 1010. The number of likely N-dealkylation sites (tertiary alicyclic amines) is 1. The molecule has 2 aromatic carbocycles. The van der Waals surface area contributed by atoms with Crippen molar-refractivity contribution in [3.8, 4) is 0 Å². The van der Waals surface area contributed by atoms with Gasteiger partial charge >= 0.3 is 5.97 Å². The second-order valence-electron chi connectivity index (χ2n) is 12.8. The number of likely N-dealkylation sites (N-methyl/N-ethyl adjacent to an activating group) is 1. The van der Waals surface area contributed by atoms with E-state index in [1.165, 1.54) is 56.3 Å². The molecule has 2 saturated heterocycles. The minimum atomic E-state index is -0.0269. The van der Waals surface area contributed by atoms with Crippen LogP contribution in [0.15, 0.2) is 60.7 Å². The topological polar surface area (TPSA) is 36.0 Å². The molecular weight excluding hydrogens is 482 g/mol. The summed E-state index contributed by atoms with van der Waals surface area (Å²) in [6.07, 6.45) is 8.66. The normalized spacial score (nSPS) is 32.2. The van der Waals surface area contributed by atoms with E-state index in [4.69, 9.17) is 4.74 Å². The van der Waals surface area contributed by atoms with Gasteiger partial charge in [0, 0.05) is 50.5 Å². The van der Waals surface area contributed by atoms with E-state index in [9.17, 15) is 4.79 Å². The van der Waals surface area contributed by atoms with Crippen molar-refractivity contribution in [3.05, 3.63) is 71.8 Å². The summed E-state index contributed by atoms with van der Waals surface area (Å²) in [5.74, 6) is 1.14. The molecule has 5 nitrogen and oxygen atoms in total. The molecule has 3 atom stereocenters. The molecule has 0 radical (unpaired) electrons. The van der Waals surface area contributed by atoms with E-state index in [1.54, 1.807) is 0 Å². The first-order chi connectivity index (χ1) is 19.1. The Morgan fingerprint density at radius 1 is 0.795 bits per heavy atom. The number of benzene rings is 2. The third kappa shape index (κ3) is 5.96. The molecule has 0 N–H and O–H groups in total. The maximum absolute atomic E-state index is 13.4. The van der Waals surface area contributed by atoms with E-state index < -0.39 is 0 Å². The molecule has 0 unspecified atom stereocenters. The zero-order chi connectivity index (χ0) is 26.7. The minimum absolute atomic E-state index is 0.00842. The number of piperidine rings is 1. The summed E-state index contributed by atoms with van der Waals surface area (Å²) in [5, 5.41) is 0. The monoisotopic (exact) mass is 529 g/mol. The van der Waals surface area contributed by atoms with Gasteiger partial charge in [-0.2, -0.15) is 0 Å². The highest BCUT2D eigenvalue weighted by molar-refractivity contribution is 5.69. The summed E-state index contributed by atoms with van der Waals surface area (Å²) in [7, 11) is 2.19. The van der Waals surface area contributed by atoms with Gasteiger partial charge in [0.25, 0.3) is 0 Å². The van der Waals surface area contributed by atoms with Crippen LogP contribution in [0.3, 0.4) is 0 Å². The molecule has 5 fully saturated rings. The smallest absolute Gasteiger partial charge is 0.306 e. The van der Waals surface area contributed by atoms with Crippen molar-refractivity contribution in [1.29, 1.82) is 0 Å². The average molecular weight is 530 g/mol. The Labute approximate surface area is 235 Å². The first-order valence-electron chi connectivity index (χ1n) is 15.6. The molecule has 5 aliphatic rings. The summed E-state index contributed by atoms with van der Waals surface area (Å²) in [4.78, 5) is 21.1. The Morgan fingerprint density at radius 3 is 1.97 bits per heavy atom. The maximum Gasteiger partial charge on any atom is 0.306 e. The summed E-state index contributed by atoms with van der Waals surface area (Å²) in [5.41, 5.74) is 2.93. The van der Waals surface area contributed by atoms with Gasteiger partial charge in [0.15, 0.2) is 0 Å². The largest absolute Gasteiger partial charge is 0.462 e. The fourth-order valence-electron chi connectivity index (χ4n) is 8.35. The molecule has 39 heavy (non-hydrogen) atoms. The lowest BCUT2D eigenvalue weighted by molar-refractivity contribution is -0.170. The van der Waals surface area contributed by atoms with Crippen molar-refractivity contribution in [2.45, 2.75) is 74.8 Å². The van der Waals surface area contributed by atoms with Crippen LogP contribution in [0.2, 0.25) is 0 Å². The molecule has 210 valence electrons. The number of esters is 1. The van der Waals surface area contributed by atoms with Crippen molar-refractivity contribution >= 4 is 5.97 Å². The van der Waals surface area contributed by atoms with Gasteiger partial charge < -0.3 is 14.5 Å². The van der Waals surface area contributed by atoms with Crippen LogP contribution in [0.5, 0.6) is 0 Å². The van der Waals surface area contributed by atoms with E-state index in [2.05, 4.69) is 82.4 Å². The second-order valence-corrected chi connectivity index (χ2v) is 12.8. The van der Waals surface area contributed by atoms with E-state index in [1.807, 2.05) is 0 Å². The highest BCUT2D eigenvalue weighted by Crippen LogP contribution is 2.60. The molecule has 0 amide bonds. The summed E-state index contributed by atoms with van der Waals surface area (Å²) < 4.78 is 6.56. The van der Waals surface area contributed by atoms with Gasteiger partial charge in [0.1, 0.15) is 6.10 Å². The van der Waals surface area contributed by atoms with Crippen molar-refractivity contribution in [2.75, 3.05) is 52.9 Å². The number of carbonyl (C=O) groups excluding carboxylic acids is 1. The minimum Gasteiger partial charge on any atom is -0.462 e. The molecule has 2 aromatic rings. The third-order valence-corrected chi connectivity index (χ3v) is 10.4. The molecule has 0 aromatic heterocycles. The molecule has 3 saturated carbocycles. The molecule has 2 bridgehead atoms. The zero-order valence-electron chi connectivity index (χ0n) is 23.8. The lowest BCUT2D eigenvalue weighted by Crippen LogP contribution is -2.64. The van der Waals surface area contributed by atoms with Crippen molar-refractivity contribution in [1.82, 2.24) is 14.7 Å². The molecule has 2 heterocycles. The predicted molar refractivity (Wildman–Crippen MR) is 157 cm³/mol. The second kappa shape index (κ2) is 12.1. The first kappa shape index (κ1) is 27.0. The summed E-state index contributed by atoms with van der Waals surface area (Å²) >= 11 is 0. The van der Waals surface area contributed by atoms with Crippen LogP contribution in [-0.2, 0) is 9.53 Å². The standard InChI is InChI=1S/C34H47N3O2/c1-35-20-22-36(23-21-35)17-11-16-32(38)39-31-26-34(37-18-9-4-10-19-37)24-29(27-12-5-2-6-13-27)33(31)30(25-34)28-14-7-3-8-15-28/h2-3,5-8,12-15,29-31,33H,4,9-11,16-26H2,1H3/t29-,30-,31-,33?,34?/m0/s1. The quantitative estimate of drug-likeness (QED) is 0.420. The van der Waals surface area contributed by atoms with E-state index in [0.717, 1.165) is 45.6 Å². The highest BCUT2D eigenvalue weighted by Gasteiger charge is 2.59. The van der Waals surface area contributed by atoms with Gasteiger partial charge in [0.2, 0.25) is 0 Å². The number of rotatable bonds is 8. The van der Waals surface area contributed by atoms with Gasteiger partial charge in [-0.15, -0.1) is 0 Å². The van der Waals surface area contributed by atoms with Crippen molar-refractivity contribution in [3.63, 3.8) is 0 Å². The maximum atomic E-state index is 13.4. The van der Waals surface area contributed by atoms with Crippen molar-refractivity contribution < 1.29 is 9.53 Å². The van der Waals surface area contributed by atoms with E-state index in [0.29, 0.717) is 24.2 Å². The number of ether oxygens (including phenoxy) is 1. The number of hydrogen-bond donors (Lipinski definition) is 0. The first-order valence-corrected chi connectivity index (χ1v) is 15.6. The lowest BCUT2D eigenvalue weighted by Gasteiger charge is -2.62. The molecule has 0 spiro atoms. The average Bonchev–Trinajstić information content (AvgIpc) is 2.99. The third-order valence-electron chi connectivity index (χ3n) is 10.4.